The lowest BCUT2D eigenvalue weighted by Crippen LogP contribution is -2.03. The van der Waals surface area contributed by atoms with Crippen LogP contribution in [0.5, 0.6) is 5.75 Å². The molecule has 0 amide bonds. The van der Waals surface area contributed by atoms with Crippen molar-refractivity contribution in [3.05, 3.63) is 45.8 Å². The number of hydrogen-bond donors (Lipinski definition) is 1. The van der Waals surface area contributed by atoms with Crippen molar-refractivity contribution in [2.45, 2.75) is 6.92 Å². The molecule has 1 rings (SSSR count). The number of benzene rings is 1. The molecule has 0 aliphatic heterocycles. The summed E-state index contributed by atoms with van der Waals surface area (Å²) in [5, 5.41) is 19.1. The Bertz CT molecular complexity index is 512. The summed E-state index contributed by atoms with van der Waals surface area (Å²) in [5.74, 6) is -2.06. The van der Waals surface area contributed by atoms with E-state index in [-0.39, 0.29) is 18.0 Å². The maximum atomic E-state index is 12.9. The van der Waals surface area contributed by atoms with Crippen LogP contribution in [-0.2, 0) is 4.79 Å². The first-order valence-electron chi connectivity index (χ1n) is 4.87. The summed E-state index contributed by atoms with van der Waals surface area (Å²) < 4.78 is 18.0. The molecule has 0 atom stereocenters. The fourth-order valence-corrected chi connectivity index (χ4v) is 1.20. The molecule has 1 N–H and O–H groups in total. The van der Waals surface area contributed by atoms with E-state index >= 15 is 0 Å². The molecule has 0 radical (unpaired) electrons. The van der Waals surface area contributed by atoms with E-state index in [0.717, 1.165) is 24.3 Å². The smallest absolute Gasteiger partial charge is 0.328 e. The number of aliphatic carboxylic acids is 1. The molecule has 0 aromatic heterocycles. The molecule has 7 heteroatoms. The number of carboxylic acid groups (broad SMARTS) is 1. The highest BCUT2D eigenvalue weighted by Crippen LogP contribution is 2.27. The maximum absolute atomic E-state index is 12.9. The molecule has 0 fully saturated rings. The van der Waals surface area contributed by atoms with Gasteiger partial charge in [-0.1, -0.05) is 0 Å². The molecule has 0 saturated heterocycles. The van der Waals surface area contributed by atoms with Crippen molar-refractivity contribution in [2.24, 2.45) is 0 Å². The maximum Gasteiger partial charge on any atom is 0.328 e. The third-order valence-corrected chi connectivity index (χ3v) is 1.94. The summed E-state index contributed by atoms with van der Waals surface area (Å²) in [6.07, 6.45) is 0.908. The zero-order valence-corrected chi connectivity index (χ0v) is 9.42. The van der Waals surface area contributed by atoms with Crippen molar-refractivity contribution in [3.8, 4) is 5.75 Å². The van der Waals surface area contributed by atoms with Gasteiger partial charge in [0.25, 0.3) is 0 Å². The van der Waals surface area contributed by atoms with E-state index in [1.165, 1.54) is 6.92 Å². The van der Waals surface area contributed by atoms with Crippen molar-refractivity contribution in [2.75, 3.05) is 6.61 Å². The summed E-state index contributed by atoms with van der Waals surface area (Å²) in [6.45, 7) is 1.32. The molecule has 96 valence electrons. The van der Waals surface area contributed by atoms with Gasteiger partial charge >= 0.3 is 11.7 Å². The molecule has 1 aromatic rings. The Morgan fingerprint density at radius 1 is 1.61 bits per heavy atom. The van der Waals surface area contributed by atoms with E-state index in [9.17, 15) is 19.3 Å². The second kappa shape index (κ2) is 5.76. The average molecular weight is 255 g/mol. The van der Waals surface area contributed by atoms with E-state index < -0.39 is 16.7 Å². The van der Waals surface area contributed by atoms with E-state index in [2.05, 4.69) is 0 Å². The van der Waals surface area contributed by atoms with Crippen molar-refractivity contribution in [1.82, 2.24) is 0 Å². The molecule has 1 aromatic carbocycles. The molecular weight excluding hydrogens is 245 g/mol. The molecule has 0 unspecified atom stereocenters. The van der Waals surface area contributed by atoms with Crippen molar-refractivity contribution < 1.29 is 24.0 Å². The van der Waals surface area contributed by atoms with Gasteiger partial charge in [-0.15, -0.1) is 0 Å². The van der Waals surface area contributed by atoms with Crippen molar-refractivity contribution in [3.63, 3.8) is 0 Å². The van der Waals surface area contributed by atoms with Gasteiger partial charge < -0.3 is 9.84 Å². The Kier molecular flexibility index (Phi) is 4.36. The van der Waals surface area contributed by atoms with Crippen LogP contribution in [0.3, 0.4) is 0 Å². The highest BCUT2D eigenvalue weighted by atomic mass is 19.1. The third-order valence-electron chi connectivity index (χ3n) is 1.94. The fourth-order valence-electron chi connectivity index (χ4n) is 1.20. The van der Waals surface area contributed by atoms with Gasteiger partial charge in [0.15, 0.2) is 5.75 Å². The standard InChI is InChI=1S/C11H10FNO5/c1-7(4-11(14)15)6-18-10-5-8(12)2-3-9(10)13(16)17/h2-5H,6H2,1H3,(H,14,15). The van der Waals surface area contributed by atoms with Crippen LogP contribution in [-0.4, -0.2) is 22.6 Å². The van der Waals surface area contributed by atoms with Crippen LogP contribution in [0.15, 0.2) is 29.8 Å². The van der Waals surface area contributed by atoms with Gasteiger partial charge in [-0.2, -0.15) is 0 Å². The number of ether oxygens (including phenoxy) is 1. The first-order chi connectivity index (χ1) is 8.40. The van der Waals surface area contributed by atoms with Gasteiger partial charge in [0, 0.05) is 18.2 Å². The summed E-state index contributed by atoms with van der Waals surface area (Å²) in [7, 11) is 0. The van der Waals surface area contributed by atoms with Crippen LogP contribution >= 0.6 is 0 Å². The van der Waals surface area contributed by atoms with Gasteiger partial charge in [0.2, 0.25) is 0 Å². The average Bonchev–Trinajstić information content (AvgIpc) is 2.25. The number of nitro benzene ring substituents is 1. The lowest BCUT2D eigenvalue weighted by molar-refractivity contribution is -0.385. The Labute approximate surface area is 101 Å². The number of halogens is 1. The normalized spacial score (nSPS) is 11.1. The van der Waals surface area contributed by atoms with Crippen LogP contribution in [0, 0.1) is 15.9 Å². The van der Waals surface area contributed by atoms with E-state index in [1.807, 2.05) is 0 Å². The van der Waals surface area contributed by atoms with E-state index in [0.29, 0.717) is 5.57 Å². The number of rotatable bonds is 5. The molecule has 0 heterocycles. The van der Waals surface area contributed by atoms with Gasteiger partial charge in [0.05, 0.1) is 4.92 Å². The van der Waals surface area contributed by atoms with Gasteiger partial charge in [-0.05, 0) is 18.6 Å². The molecule has 0 aliphatic rings. The minimum absolute atomic E-state index is 0.170. The highest BCUT2D eigenvalue weighted by molar-refractivity contribution is 5.80. The minimum Gasteiger partial charge on any atom is -0.482 e. The van der Waals surface area contributed by atoms with E-state index in [1.54, 1.807) is 0 Å². The third kappa shape index (κ3) is 3.85. The van der Waals surface area contributed by atoms with Gasteiger partial charge in [0.1, 0.15) is 12.4 Å². The second-order valence-corrected chi connectivity index (χ2v) is 3.49. The number of nitrogens with zero attached hydrogens (tertiary/aromatic N) is 1. The fraction of sp³-hybridized carbons (Fsp3) is 0.182. The van der Waals surface area contributed by atoms with Crippen molar-refractivity contribution >= 4 is 11.7 Å². The van der Waals surface area contributed by atoms with Crippen LogP contribution in [0.1, 0.15) is 6.92 Å². The van der Waals surface area contributed by atoms with Gasteiger partial charge in [-0.25, -0.2) is 9.18 Å². The highest BCUT2D eigenvalue weighted by Gasteiger charge is 2.15. The predicted molar refractivity (Wildman–Crippen MR) is 59.9 cm³/mol. The topological polar surface area (TPSA) is 89.7 Å². The Balaban J connectivity index is 2.87. The van der Waals surface area contributed by atoms with E-state index in [4.69, 9.17) is 9.84 Å². The van der Waals surface area contributed by atoms with Crippen LogP contribution in [0.2, 0.25) is 0 Å². The predicted octanol–water partition coefficient (Wildman–Crippen LogP) is 2.14. The van der Waals surface area contributed by atoms with Crippen LogP contribution < -0.4 is 4.74 Å². The Morgan fingerprint density at radius 3 is 2.83 bits per heavy atom. The number of carboxylic acids is 1. The van der Waals surface area contributed by atoms with Crippen molar-refractivity contribution in [1.29, 1.82) is 0 Å². The summed E-state index contributed by atoms with van der Waals surface area (Å²) in [5.41, 5.74) is -0.0272. The van der Waals surface area contributed by atoms with Gasteiger partial charge in [-0.3, -0.25) is 10.1 Å². The summed E-state index contributed by atoms with van der Waals surface area (Å²) in [6, 6.07) is 2.82. The zero-order chi connectivity index (χ0) is 13.7. The second-order valence-electron chi connectivity index (χ2n) is 3.49. The Morgan fingerprint density at radius 2 is 2.28 bits per heavy atom. The number of carbonyl (C=O) groups is 1. The largest absolute Gasteiger partial charge is 0.482 e. The lowest BCUT2D eigenvalue weighted by atomic mass is 10.2. The van der Waals surface area contributed by atoms with Crippen LogP contribution in [0.25, 0.3) is 0 Å². The molecule has 0 saturated carbocycles. The quantitative estimate of drug-likeness (QED) is 0.494. The molecular formula is C11H10FNO5. The lowest BCUT2D eigenvalue weighted by Gasteiger charge is -2.06. The first-order valence-corrected chi connectivity index (χ1v) is 4.87. The molecule has 0 aliphatic carbocycles. The number of hydrogen-bond acceptors (Lipinski definition) is 4. The monoisotopic (exact) mass is 255 g/mol. The zero-order valence-electron chi connectivity index (χ0n) is 9.42. The van der Waals surface area contributed by atoms with Crippen LogP contribution in [0.4, 0.5) is 10.1 Å². The summed E-state index contributed by atoms with van der Waals surface area (Å²) in [4.78, 5) is 20.3. The molecule has 0 spiro atoms. The molecule has 6 nitrogen and oxygen atoms in total. The number of nitro groups is 1. The SMILES string of the molecule is CC(=CC(=O)O)COc1cc(F)ccc1[N+](=O)[O-]. The minimum atomic E-state index is -1.15. The first kappa shape index (κ1) is 13.6. The molecule has 0 bridgehead atoms. The Hall–Kier alpha value is -2.44. The summed E-state index contributed by atoms with van der Waals surface area (Å²) >= 11 is 0. The molecule has 18 heavy (non-hydrogen) atoms.